The summed E-state index contributed by atoms with van der Waals surface area (Å²) in [5.41, 5.74) is 1.97. The van der Waals surface area contributed by atoms with Crippen molar-refractivity contribution >= 4 is 28.6 Å². The molecule has 0 saturated carbocycles. The monoisotopic (exact) mass is 397 g/mol. The quantitative estimate of drug-likeness (QED) is 0.429. The highest BCUT2D eigenvalue weighted by atomic mass is 32.2. The molecule has 28 heavy (non-hydrogen) atoms. The Morgan fingerprint density at radius 1 is 1.07 bits per heavy atom. The number of benzene rings is 2. The van der Waals surface area contributed by atoms with E-state index in [0.717, 1.165) is 27.9 Å². The van der Waals surface area contributed by atoms with Crippen molar-refractivity contribution in [1.29, 1.82) is 0 Å². The van der Waals surface area contributed by atoms with Crippen molar-refractivity contribution in [2.24, 2.45) is 0 Å². The predicted molar refractivity (Wildman–Crippen MR) is 111 cm³/mol. The summed E-state index contributed by atoms with van der Waals surface area (Å²) in [4.78, 5) is 22.8. The lowest BCUT2D eigenvalue weighted by molar-refractivity contribution is -0.127. The molecule has 146 valence electrons. The summed E-state index contributed by atoms with van der Waals surface area (Å²) in [6.07, 6.45) is 2.28. The van der Waals surface area contributed by atoms with Gasteiger partial charge in [0.15, 0.2) is 11.5 Å². The number of ether oxygens (including phenoxy) is 2. The number of methoxy groups -OCH3 is 2. The van der Waals surface area contributed by atoms with Gasteiger partial charge in [-0.1, -0.05) is 36.0 Å². The van der Waals surface area contributed by atoms with Gasteiger partial charge in [0.1, 0.15) is 11.4 Å². The van der Waals surface area contributed by atoms with Gasteiger partial charge in [-0.25, -0.2) is 9.97 Å². The fraction of sp³-hybridized carbons (Fsp3) is 0.286. The van der Waals surface area contributed by atoms with Gasteiger partial charge in [-0.15, -0.1) is 0 Å². The molecular formula is C21H23N3O3S. The molecule has 0 aliphatic carbocycles. The number of amides is 1. The molecule has 0 saturated heterocycles. The largest absolute Gasteiger partial charge is 0.493 e. The average molecular weight is 398 g/mol. The SMILES string of the molecule is COc1ccc(CCN(C)C(=O)CSc2ncnc3ccccc23)cc1OC. The third-order valence-electron chi connectivity index (χ3n) is 4.45. The first-order valence-corrected chi connectivity index (χ1v) is 9.88. The molecule has 0 unspecified atom stereocenters. The van der Waals surface area contributed by atoms with Crippen LogP contribution in [0, 0.1) is 0 Å². The zero-order valence-electron chi connectivity index (χ0n) is 16.2. The van der Waals surface area contributed by atoms with E-state index in [0.29, 0.717) is 23.8 Å². The highest BCUT2D eigenvalue weighted by Gasteiger charge is 2.12. The zero-order valence-corrected chi connectivity index (χ0v) is 17.0. The van der Waals surface area contributed by atoms with Gasteiger partial charge in [-0.3, -0.25) is 4.79 Å². The van der Waals surface area contributed by atoms with Crippen LogP contribution in [0.4, 0.5) is 0 Å². The Hall–Kier alpha value is -2.80. The first-order valence-electron chi connectivity index (χ1n) is 8.89. The molecule has 0 fully saturated rings. The van der Waals surface area contributed by atoms with Crippen LogP contribution in [0.1, 0.15) is 5.56 Å². The molecular weight excluding hydrogens is 374 g/mol. The van der Waals surface area contributed by atoms with Crippen LogP contribution < -0.4 is 9.47 Å². The van der Waals surface area contributed by atoms with Crippen molar-refractivity contribution in [2.75, 3.05) is 33.6 Å². The molecule has 1 amide bonds. The molecule has 0 bridgehead atoms. The normalized spacial score (nSPS) is 10.7. The summed E-state index contributed by atoms with van der Waals surface area (Å²) in [6, 6.07) is 13.6. The summed E-state index contributed by atoms with van der Waals surface area (Å²) >= 11 is 1.44. The highest BCUT2D eigenvalue weighted by molar-refractivity contribution is 8.00. The van der Waals surface area contributed by atoms with Crippen LogP contribution in [-0.4, -0.2) is 54.3 Å². The number of rotatable bonds is 8. The van der Waals surface area contributed by atoms with Crippen molar-refractivity contribution in [2.45, 2.75) is 11.4 Å². The standard InChI is InChI=1S/C21H23N3O3S/c1-24(11-10-15-8-9-18(26-2)19(12-15)27-3)20(25)13-28-21-16-6-4-5-7-17(16)22-14-23-21/h4-9,12,14H,10-11,13H2,1-3H3. The summed E-state index contributed by atoms with van der Waals surface area (Å²) in [5, 5.41) is 1.79. The second-order valence-corrected chi connectivity index (χ2v) is 7.20. The van der Waals surface area contributed by atoms with E-state index in [2.05, 4.69) is 9.97 Å². The Morgan fingerprint density at radius 2 is 1.86 bits per heavy atom. The first-order chi connectivity index (χ1) is 13.6. The summed E-state index contributed by atoms with van der Waals surface area (Å²) in [5.74, 6) is 1.79. The minimum absolute atomic E-state index is 0.0631. The minimum atomic E-state index is 0.0631. The maximum absolute atomic E-state index is 12.5. The van der Waals surface area contributed by atoms with Gasteiger partial charge in [-0.2, -0.15) is 0 Å². The molecule has 0 aliphatic rings. The van der Waals surface area contributed by atoms with Crippen LogP contribution in [0.3, 0.4) is 0 Å². The van der Waals surface area contributed by atoms with E-state index in [9.17, 15) is 4.79 Å². The van der Waals surface area contributed by atoms with Crippen molar-refractivity contribution in [3.63, 3.8) is 0 Å². The molecule has 0 N–H and O–H groups in total. The number of carbonyl (C=O) groups is 1. The molecule has 0 radical (unpaired) electrons. The van der Waals surface area contributed by atoms with E-state index in [1.54, 1.807) is 19.1 Å². The van der Waals surface area contributed by atoms with Crippen LogP contribution in [0.15, 0.2) is 53.8 Å². The van der Waals surface area contributed by atoms with E-state index in [1.165, 1.54) is 18.1 Å². The number of para-hydroxylation sites is 1. The average Bonchev–Trinajstić information content (AvgIpc) is 2.75. The molecule has 0 spiro atoms. The zero-order chi connectivity index (χ0) is 19.9. The maximum atomic E-state index is 12.5. The summed E-state index contributed by atoms with van der Waals surface area (Å²) in [6.45, 7) is 0.624. The Morgan fingerprint density at radius 3 is 2.64 bits per heavy atom. The number of hydrogen-bond acceptors (Lipinski definition) is 6. The Bertz CT molecular complexity index is 959. The van der Waals surface area contributed by atoms with Crippen LogP contribution in [-0.2, 0) is 11.2 Å². The lowest BCUT2D eigenvalue weighted by atomic mass is 10.1. The van der Waals surface area contributed by atoms with E-state index >= 15 is 0 Å². The topological polar surface area (TPSA) is 64.5 Å². The van der Waals surface area contributed by atoms with Gasteiger partial charge in [-0.05, 0) is 30.2 Å². The highest BCUT2D eigenvalue weighted by Crippen LogP contribution is 2.28. The molecule has 7 heteroatoms. The number of likely N-dealkylation sites (N-methyl/N-ethyl adjacent to an activating group) is 1. The maximum Gasteiger partial charge on any atom is 0.232 e. The fourth-order valence-electron chi connectivity index (χ4n) is 2.79. The van der Waals surface area contributed by atoms with Crippen molar-refractivity contribution in [3.05, 3.63) is 54.4 Å². The predicted octanol–water partition coefficient (Wildman–Crippen LogP) is 3.44. The van der Waals surface area contributed by atoms with E-state index in [-0.39, 0.29) is 5.91 Å². The second kappa shape index (κ2) is 9.41. The molecule has 1 heterocycles. The van der Waals surface area contributed by atoms with Crippen LogP contribution in [0.25, 0.3) is 10.9 Å². The third kappa shape index (κ3) is 4.72. The second-order valence-electron chi connectivity index (χ2n) is 6.24. The Kier molecular flexibility index (Phi) is 6.71. The molecule has 3 rings (SSSR count). The Labute approximate surface area is 168 Å². The number of hydrogen-bond donors (Lipinski definition) is 0. The van der Waals surface area contributed by atoms with Gasteiger partial charge in [0.25, 0.3) is 0 Å². The van der Waals surface area contributed by atoms with Gasteiger partial charge in [0.05, 0.1) is 25.5 Å². The number of nitrogens with zero attached hydrogens (tertiary/aromatic N) is 3. The van der Waals surface area contributed by atoms with Gasteiger partial charge >= 0.3 is 0 Å². The number of carbonyl (C=O) groups excluding carboxylic acids is 1. The molecule has 0 atom stereocenters. The van der Waals surface area contributed by atoms with Crippen molar-refractivity contribution in [1.82, 2.24) is 14.9 Å². The smallest absolute Gasteiger partial charge is 0.232 e. The van der Waals surface area contributed by atoms with E-state index in [4.69, 9.17) is 9.47 Å². The van der Waals surface area contributed by atoms with Crippen LogP contribution in [0.2, 0.25) is 0 Å². The van der Waals surface area contributed by atoms with Gasteiger partial charge in [0, 0.05) is 19.0 Å². The van der Waals surface area contributed by atoms with E-state index in [1.807, 2.05) is 49.5 Å². The lowest BCUT2D eigenvalue weighted by Crippen LogP contribution is -2.30. The molecule has 3 aromatic rings. The number of aromatic nitrogens is 2. The molecule has 6 nitrogen and oxygen atoms in total. The van der Waals surface area contributed by atoms with Crippen LogP contribution >= 0.6 is 11.8 Å². The lowest BCUT2D eigenvalue weighted by Gasteiger charge is -2.17. The molecule has 1 aromatic heterocycles. The molecule has 2 aromatic carbocycles. The Balaban J connectivity index is 1.56. The van der Waals surface area contributed by atoms with Crippen molar-refractivity contribution in [3.8, 4) is 11.5 Å². The molecule has 0 aliphatic heterocycles. The van der Waals surface area contributed by atoms with Gasteiger partial charge in [0.2, 0.25) is 5.91 Å². The van der Waals surface area contributed by atoms with Crippen LogP contribution in [0.5, 0.6) is 11.5 Å². The minimum Gasteiger partial charge on any atom is -0.493 e. The number of thioether (sulfide) groups is 1. The summed E-state index contributed by atoms with van der Waals surface area (Å²) < 4.78 is 10.6. The third-order valence-corrected chi connectivity index (χ3v) is 5.44. The van der Waals surface area contributed by atoms with E-state index < -0.39 is 0 Å². The summed E-state index contributed by atoms with van der Waals surface area (Å²) in [7, 11) is 5.05. The van der Waals surface area contributed by atoms with Crippen molar-refractivity contribution < 1.29 is 14.3 Å². The fourth-order valence-corrected chi connectivity index (χ4v) is 3.72. The number of fused-ring (bicyclic) bond motifs is 1. The first kappa shape index (κ1) is 19.9. The van der Waals surface area contributed by atoms with Gasteiger partial charge < -0.3 is 14.4 Å².